The number of halogens is 1. The lowest BCUT2D eigenvalue weighted by atomic mass is 10.0. The summed E-state index contributed by atoms with van der Waals surface area (Å²) in [4.78, 5) is 14.6. The maximum Gasteiger partial charge on any atom is 0.220 e. The molecule has 0 saturated carbocycles. The van der Waals surface area contributed by atoms with Crippen molar-refractivity contribution in [2.75, 3.05) is 26.2 Å². The third-order valence-corrected chi connectivity index (χ3v) is 5.15. The molecule has 1 saturated heterocycles. The highest BCUT2D eigenvalue weighted by Crippen LogP contribution is 2.21. The van der Waals surface area contributed by atoms with Crippen molar-refractivity contribution < 1.29 is 9.53 Å². The van der Waals surface area contributed by atoms with Crippen LogP contribution in [-0.4, -0.2) is 43.1 Å². The van der Waals surface area contributed by atoms with Crippen molar-refractivity contribution in [2.24, 2.45) is 0 Å². The summed E-state index contributed by atoms with van der Waals surface area (Å²) in [7, 11) is 0. The highest BCUT2D eigenvalue weighted by atomic mass is 35.5. The summed E-state index contributed by atoms with van der Waals surface area (Å²) in [6, 6.07) is 5.97. The van der Waals surface area contributed by atoms with Gasteiger partial charge in [-0.2, -0.15) is 0 Å². The van der Waals surface area contributed by atoms with Crippen LogP contribution >= 0.6 is 11.6 Å². The summed E-state index contributed by atoms with van der Waals surface area (Å²) in [5.74, 6) is 0.949. The SMILES string of the molecule is CCCCN1CCC(NC(=O)CCCOc2ccc(Cl)c(C)c2)CC1. The lowest BCUT2D eigenvalue weighted by molar-refractivity contribution is -0.122. The molecule has 1 amide bonds. The Morgan fingerprint density at radius 1 is 1.32 bits per heavy atom. The van der Waals surface area contributed by atoms with Gasteiger partial charge in [-0.25, -0.2) is 0 Å². The second-order valence-corrected chi connectivity index (χ2v) is 7.31. The predicted octanol–water partition coefficient (Wildman–Crippen LogP) is 4.19. The van der Waals surface area contributed by atoms with Crippen LogP contribution in [0.25, 0.3) is 0 Å². The van der Waals surface area contributed by atoms with Gasteiger partial charge in [0.05, 0.1) is 6.61 Å². The van der Waals surface area contributed by atoms with Crippen molar-refractivity contribution in [1.29, 1.82) is 0 Å². The first-order valence-electron chi connectivity index (χ1n) is 9.49. The van der Waals surface area contributed by atoms with Crippen molar-refractivity contribution in [3.63, 3.8) is 0 Å². The number of piperidine rings is 1. The number of likely N-dealkylation sites (tertiary alicyclic amines) is 1. The van der Waals surface area contributed by atoms with E-state index in [9.17, 15) is 4.79 Å². The zero-order valence-electron chi connectivity index (χ0n) is 15.5. The van der Waals surface area contributed by atoms with Crippen LogP contribution in [0, 0.1) is 6.92 Å². The van der Waals surface area contributed by atoms with E-state index >= 15 is 0 Å². The third kappa shape index (κ3) is 7.25. The Bertz CT molecular complexity index is 542. The van der Waals surface area contributed by atoms with Crippen molar-refractivity contribution in [1.82, 2.24) is 10.2 Å². The third-order valence-electron chi connectivity index (χ3n) is 4.73. The molecule has 0 radical (unpaired) electrons. The number of benzene rings is 1. The Morgan fingerprint density at radius 3 is 2.76 bits per heavy atom. The number of hydrogen-bond acceptors (Lipinski definition) is 3. The minimum absolute atomic E-state index is 0.142. The molecule has 1 N–H and O–H groups in total. The number of ether oxygens (including phenoxy) is 1. The number of carbonyl (C=O) groups is 1. The maximum absolute atomic E-state index is 12.1. The van der Waals surface area contributed by atoms with Crippen LogP contribution in [0.1, 0.15) is 51.0 Å². The van der Waals surface area contributed by atoms with Gasteiger partial charge in [-0.15, -0.1) is 0 Å². The van der Waals surface area contributed by atoms with Gasteiger partial charge in [-0.3, -0.25) is 4.79 Å². The summed E-state index contributed by atoms with van der Waals surface area (Å²) < 4.78 is 5.69. The number of nitrogens with one attached hydrogen (secondary N) is 1. The summed E-state index contributed by atoms with van der Waals surface area (Å²) in [6.07, 6.45) is 5.88. The lowest BCUT2D eigenvalue weighted by Crippen LogP contribution is -2.44. The quantitative estimate of drug-likeness (QED) is 0.666. The van der Waals surface area contributed by atoms with Gasteiger partial charge in [0.2, 0.25) is 5.91 Å². The van der Waals surface area contributed by atoms with Gasteiger partial charge in [0, 0.05) is 30.6 Å². The van der Waals surface area contributed by atoms with Crippen molar-refractivity contribution in [3.8, 4) is 5.75 Å². The summed E-state index contributed by atoms with van der Waals surface area (Å²) >= 11 is 6.00. The highest BCUT2D eigenvalue weighted by Gasteiger charge is 2.19. The smallest absolute Gasteiger partial charge is 0.220 e. The number of aryl methyl sites for hydroxylation is 1. The second-order valence-electron chi connectivity index (χ2n) is 6.90. The summed E-state index contributed by atoms with van der Waals surface area (Å²) in [5, 5.41) is 3.92. The molecule has 25 heavy (non-hydrogen) atoms. The zero-order valence-corrected chi connectivity index (χ0v) is 16.3. The van der Waals surface area contributed by atoms with E-state index in [2.05, 4.69) is 17.1 Å². The molecule has 0 atom stereocenters. The Kier molecular flexibility index (Phi) is 8.56. The van der Waals surface area contributed by atoms with Crippen molar-refractivity contribution in [3.05, 3.63) is 28.8 Å². The highest BCUT2D eigenvalue weighted by molar-refractivity contribution is 6.31. The van der Waals surface area contributed by atoms with Gasteiger partial charge in [-0.05, 0) is 62.9 Å². The van der Waals surface area contributed by atoms with E-state index in [1.54, 1.807) is 0 Å². The first-order valence-corrected chi connectivity index (χ1v) is 9.87. The topological polar surface area (TPSA) is 41.6 Å². The molecule has 1 aliphatic heterocycles. The zero-order chi connectivity index (χ0) is 18.1. The molecule has 0 aliphatic carbocycles. The fourth-order valence-electron chi connectivity index (χ4n) is 3.11. The molecule has 4 nitrogen and oxygen atoms in total. The minimum Gasteiger partial charge on any atom is -0.494 e. The molecule has 2 rings (SSSR count). The Balaban J connectivity index is 1.57. The second kappa shape index (κ2) is 10.7. The molecule has 0 bridgehead atoms. The fraction of sp³-hybridized carbons (Fsp3) is 0.650. The van der Waals surface area contributed by atoms with E-state index in [-0.39, 0.29) is 5.91 Å². The normalized spacial score (nSPS) is 16.0. The van der Waals surface area contributed by atoms with Gasteiger partial charge in [0.25, 0.3) is 0 Å². The number of hydrogen-bond donors (Lipinski definition) is 1. The predicted molar refractivity (Wildman–Crippen MR) is 103 cm³/mol. The van der Waals surface area contributed by atoms with E-state index in [1.165, 1.54) is 19.4 Å². The molecule has 0 aromatic heterocycles. The fourth-order valence-corrected chi connectivity index (χ4v) is 3.23. The standard InChI is InChI=1S/C20H31ClN2O2/c1-3-4-11-23-12-9-17(10-13-23)22-20(24)6-5-14-25-18-7-8-19(21)16(2)15-18/h7-8,15,17H,3-6,9-14H2,1-2H3,(H,22,24). The van der Waals surface area contributed by atoms with Gasteiger partial charge < -0.3 is 15.0 Å². The van der Waals surface area contributed by atoms with Crippen LogP contribution in [-0.2, 0) is 4.79 Å². The largest absolute Gasteiger partial charge is 0.494 e. The van der Waals surface area contributed by atoms with Crippen LogP contribution in [0.4, 0.5) is 0 Å². The molecule has 0 spiro atoms. The summed E-state index contributed by atoms with van der Waals surface area (Å²) in [5.41, 5.74) is 1.00. The molecule has 140 valence electrons. The van der Waals surface area contributed by atoms with E-state index in [0.717, 1.165) is 48.7 Å². The molecule has 1 aromatic carbocycles. The first-order chi connectivity index (χ1) is 12.1. The average molecular weight is 367 g/mol. The van der Waals surface area contributed by atoms with Crippen LogP contribution in [0.15, 0.2) is 18.2 Å². The minimum atomic E-state index is 0.142. The van der Waals surface area contributed by atoms with Crippen LogP contribution in [0.3, 0.4) is 0 Å². The number of rotatable bonds is 9. The van der Waals surface area contributed by atoms with Crippen molar-refractivity contribution >= 4 is 17.5 Å². The number of amides is 1. The first kappa shape index (κ1) is 20.1. The Hall–Kier alpha value is -1.26. The molecule has 1 aliphatic rings. The van der Waals surface area contributed by atoms with Crippen LogP contribution in [0.2, 0.25) is 5.02 Å². The van der Waals surface area contributed by atoms with Crippen molar-refractivity contribution in [2.45, 2.75) is 58.4 Å². The maximum atomic E-state index is 12.1. The van der Waals surface area contributed by atoms with Gasteiger partial charge in [0.15, 0.2) is 0 Å². The number of unbranched alkanes of at least 4 members (excludes halogenated alkanes) is 1. The Morgan fingerprint density at radius 2 is 2.08 bits per heavy atom. The monoisotopic (exact) mass is 366 g/mol. The van der Waals surface area contributed by atoms with E-state index in [4.69, 9.17) is 16.3 Å². The molecule has 0 unspecified atom stereocenters. The van der Waals surface area contributed by atoms with Gasteiger partial charge >= 0.3 is 0 Å². The molecule has 1 fully saturated rings. The average Bonchev–Trinajstić information content (AvgIpc) is 2.61. The Labute approximate surface area is 156 Å². The van der Waals surface area contributed by atoms with E-state index in [0.29, 0.717) is 19.1 Å². The van der Waals surface area contributed by atoms with Crippen LogP contribution in [0.5, 0.6) is 5.75 Å². The molecular formula is C20H31ClN2O2. The number of nitrogens with zero attached hydrogens (tertiary/aromatic N) is 1. The molecule has 1 aromatic rings. The van der Waals surface area contributed by atoms with Crippen LogP contribution < -0.4 is 10.1 Å². The molecule has 5 heteroatoms. The lowest BCUT2D eigenvalue weighted by Gasteiger charge is -2.32. The van der Waals surface area contributed by atoms with E-state index in [1.807, 2.05) is 25.1 Å². The molecule has 1 heterocycles. The van der Waals surface area contributed by atoms with Gasteiger partial charge in [-0.1, -0.05) is 24.9 Å². The number of carbonyl (C=O) groups excluding carboxylic acids is 1. The van der Waals surface area contributed by atoms with E-state index < -0.39 is 0 Å². The summed E-state index contributed by atoms with van der Waals surface area (Å²) in [6.45, 7) is 8.12. The molecular weight excluding hydrogens is 336 g/mol. The van der Waals surface area contributed by atoms with Gasteiger partial charge in [0.1, 0.15) is 5.75 Å².